The van der Waals surface area contributed by atoms with Gasteiger partial charge in [-0.15, -0.1) is 0 Å². The first-order valence-electron chi connectivity index (χ1n) is 39.3. The fraction of sp³-hybridized carbons (Fsp3) is 1.00. The van der Waals surface area contributed by atoms with Crippen LogP contribution in [0.15, 0.2) is 0 Å². The van der Waals surface area contributed by atoms with Crippen molar-refractivity contribution in [1.29, 1.82) is 0 Å². The van der Waals surface area contributed by atoms with E-state index in [0.29, 0.717) is 12.1 Å². The summed E-state index contributed by atoms with van der Waals surface area (Å²) in [5.74, 6) is 0. The van der Waals surface area contributed by atoms with Crippen LogP contribution < -0.4 is 95.7 Å². The van der Waals surface area contributed by atoms with Gasteiger partial charge in [-0.3, -0.25) is 9.80 Å². The van der Waals surface area contributed by atoms with Crippen molar-refractivity contribution < 1.29 is 0 Å². The summed E-state index contributed by atoms with van der Waals surface area (Å²) in [6.07, 6.45) is 15.9. The highest BCUT2D eigenvalue weighted by Crippen LogP contribution is 2.10. The molecule has 2 atom stereocenters. The summed E-state index contributed by atoms with van der Waals surface area (Å²) in [4.78, 5) is 16.2. The van der Waals surface area contributed by atoms with E-state index in [2.05, 4.69) is 139 Å². The molecule has 0 bridgehead atoms. The van der Waals surface area contributed by atoms with E-state index in [9.17, 15) is 0 Å². The molecule has 552 valence electrons. The van der Waals surface area contributed by atoms with Crippen LogP contribution in [0.4, 0.5) is 0 Å². The van der Waals surface area contributed by atoms with Gasteiger partial charge in [0.25, 0.3) is 0 Å². The molecule has 6 rings (SSSR count). The van der Waals surface area contributed by atoms with Gasteiger partial charge in [-0.1, -0.05) is 6.92 Å². The molecule has 6 fully saturated rings. The van der Waals surface area contributed by atoms with E-state index in [0.717, 1.165) is 275 Å². The van der Waals surface area contributed by atoms with Crippen molar-refractivity contribution in [3.63, 3.8) is 0 Å². The fourth-order valence-corrected chi connectivity index (χ4v) is 13.1. The van der Waals surface area contributed by atoms with Crippen LogP contribution in [0, 0.1) is 0 Å². The summed E-state index contributed by atoms with van der Waals surface area (Å²) in [5.41, 5.74) is 0. The minimum absolute atomic E-state index is 0.590. The number of hydrogen-bond donors (Lipinski definition) is 18. The average molecular weight is 1320 g/mol. The maximum atomic E-state index is 3.67. The molecule has 0 aliphatic carbocycles. The fourth-order valence-electron chi connectivity index (χ4n) is 13.1. The van der Waals surface area contributed by atoms with E-state index < -0.39 is 0 Å². The van der Waals surface area contributed by atoms with Crippen LogP contribution in [0.1, 0.15) is 97.3 Å². The van der Waals surface area contributed by atoms with E-state index in [-0.39, 0.29) is 0 Å². The smallest absolute Gasteiger partial charge is 0.0221 e. The molecule has 0 aromatic carbocycles. The largest absolute Gasteiger partial charge is 0.315 e. The molecule has 6 heterocycles. The monoisotopic (exact) mass is 1320 g/mol. The van der Waals surface area contributed by atoms with Crippen molar-refractivity contribution in [2.45, 2.75) is 109 Å². The zero-order chi connectivity index (χ0) is 65.3. The second-order valence-electron chi connectivity index (χ2n) is 27.0. The zero-order valence-electron chi connectivity index (χ0n) is 60.8. The van der Waals surface area contributed by atoms with Gasteiger partial charge in [0, 0.05) is 195 Å². The number of rotatable bonds is 10. The molecule has 24 nitrogen and oxygen atoms in total. The molecule has 18 N–H and O–H groups in total. The number of nitrogens with one attached hydrogen (secondary N) is 18. The Balaban J connectivity index is 0.000000297. The average Bonchev–Trinajstić information content (AvgIpc) is 2.42. The Hall–Kier alpha value is -0.960. The standard InChI is InChI=1S/C24H54N8.C23H52N8.C22H50N8/c1-2-24(32-20-6-12-28-16-14-26-8-4-10-30-18-22-32)23-31-19-5-11-27-15-13-25-7-3-9-29-17-21-31;1-23(31-19-5-11-27-15-13-25-7-3-9-29-17-21-31)22-30-18-4-10-26-14-12-24-6-2-8-28-16-20-30;1-5-23-11-13-25-9-3-17-29(19-15-27-7-1)21-22-30-18-4-10-26-14-12-24-6-2-8-28-16-20-30/h24-30H,2-23H2,1H3;23-29H,2-22H2,1H3;23-28H,1-22H2. The van der Waals surface area contributed by atoms with E-state index in [1.807, 2.05) is 0 Å². The van der Waals surface area contributed by atoms with Crippen LogP contribution in [0.5, 0.6) is 0 Å². The normalized spacial score (nSPS) is 25.5. The van der Waals surface area contributed by atoms with Gasteiger partial charge in [0.15, 0.2) is 0 Å². The molecule has 0 saturated carbocycles. The Labute approximate surface area is 572 Å². The maximum absolute atomic E-state index is 3.67. The molecule has 0 amide bonds. The Morgan fingerprint density at radius 3 is 0.720 bits per heavy atom. The molecule has 6 saturated heterocycles. The van der Waals surface area contributed by atoms with Crippen molar-refractivity contribution in [2.75, 3.05) is 340 Å². The van der Waals surface area contributed by atoms with Crippen LogP contribution in [0.3, 0.4) is 0 Å². The van der Waals surface area contributed by atoms with Gasteiger partial charge in [0.1, 0.15) is 0 Å². The highest BCUT2D eigenvalue weighted by molar-refractivity contribution is 4.80. The zero-order valence-corrected chi connectivity index (χ0v) is 60.8. The van der Waals surface area contributed by atoms with Gasteiger partial charge in [-0.05, 0) is 247 Å². The first-order valence-corrected chi connectivity index (χ1v) is 39.3. The van der Waals surface area contributed by atoms with Crippen LogP contribution in [0.2, 0.25) is 0 Å². The van der Waals surface area contributed by atoms with E-state index in [1.54, 1.807) is 0 Å². The van der Waals surface area contributed by atoms with Crippen molar-refractivity contribution in [3.8, 4) is 0 Å². The summed E-state index contributed by atoms with van der Waals surface area (Å²) in [6.45, 7) is 63.3. The van der Waals surface area contributed by atoms with E-state index in [4.69, 9.17) is 0 Å². The van der Waals surface area contributed by atoms with Crippen molar-refractivity contribution in [2.24, 2.45) is 0 Å². The molecule has 24 heteroatoms. The van der Waals surface area contributed by atoms with Gasteiger partial charge in [-0.2, -0.15) is 0 Å². The van der Waals surface area contributed by atoms with Crippen LogP contribution in [0.25, 0.3) is 0 Å². The lowest BCUT2D eigenvalue weighted by molar-refractivity contribution is 0.131. The topological polar surface area (TPSA) is 236 Å². The maximum Gasteiger partial charge on any atom is 0.0221 e. The molecule has 6 aliphatic heterocycles. The Morgan fingerprint density at radius 2 is 0.419 bits per heavy atom. The van der Waals surface area contributed by atoms with Gasteiger partial charge < -0.3 is 115 Å². The predicted molar refractivity (Wildman–Crippen MR) is 400 cm³/mol. The first-order chi connectivity index (χ1) is 46.2. The molecule has 2 unspecified atom stereocenters. The third kappa shape index (κ3) is 51.8. The molecule has 0 aromatic rings. The molecule has 0 radical (unpaired) electrons. The highest BCUT2D eigenvalue weighted by Gasteiger charge is 2.21. The second kappa shape index (κ2) is 65.6. The van der Waals surface area contributed by atoms with Crippen LogP contribution in [-0.2, 0) is 0 Å². The lowest BCUT2D eigenvalue weighted by Gasteiger charge is -2.36. The minimum atomic E-state index is 0.590. The van der Waals surface area contributed by atoms with Crippen molar-refractivity contribution in [3.05, 3.63) is 0 Å². The van der Waals surface area contributed by atoms with Crippen LogP contribution >= 0.6 is 0 Å². The molecule has 6 aliphatic rings. The first kappa shape index (κ1) is 84.5. The van der Waals surface area contributed by atoms with Crippen LogP contribution in [-0.4, -0.2) is 382 Å². The van der Waals surface area contributed by atoms with Crippen molar-refractivity contribution in [1.82, 2.24) is 125 Å². The quantitative estimate of drug-likeness (QED) is 0.107. The van der Waals surface area contributed by atoms with Crippen molar-refractivity contribution >= 4 is 0 Å². The molecule has 0 aromatic heterocycles. The summed E-state index contributed by atoms with van der Waals surface area (Å²) >= 11 is 0. The SMILES string of the molecule is C1CNCCNCCCN(CCN2CCCNCCNCCCNCC2)CCNC1.CC(CN1CCCNCCNCCCNCC1)N1CCCNCCNCCCNCC1.CCC(CN1CCCNCCNCCCNCC1)N1CCCNCCNCCCNCC1. The number of hydrogen-bond acceptors (Lipinski definition) is 24. The summed E-state index contributed by atoms with van der Waals surface area (Å²) in [5, 5.41) is 64.5. The predicted octanol–water partition coefficient (Wildman–Crippen LogP) is -2.69. The number of nitrogens with zero attached hydrogens (tertiary/aromatic N) is 6. The molecule has 93 heavy (non-hydrogen) atoms. The second-order valence-corrected chi connectivity index (χ2v) is 27.0. The summed E-state index contributed by atoms with van der Waals surface area (Å²) in [6, 6.07) is 1.23. The lowest BCUT2D eigenvalue weighted by atomic mass is 10.1. The Morgan fingerprint density at radius 1 is 0.204 bits per heavy atom. The van der Waals surface area contributed by atoms with Gasteiger partial charge >= 0.3 is 0 Å². The minimum Gasteiger partial charge on any atom is -0.315 e. The van der Waals surface area contributed by atoms with E-state index >= 15 is 0 Å². The third-order valence-corrected chi connectivity index (χ3v) is 18.9. The lowest BCUT2D eigenvalue weighted by Crippen LogP contribution is -2.48. The van der Waals surface area contributed by atoms with E-state index in [1.165, 1.54) is 149 Å². The molecular weight excluding hydrogens is 1160 g/mol. The Kier molecular flexibility index (Phi) is 59.6. The van der Waals surface area contributed by atoms with Gasteiger partial charge in [0.05, 0.1) is 0 Å². The van der Waals surface area contributed by atoms with Gasteiger partial charge in [-0.25, -0.2) is 0 Å². The highest BCUT2D eigenvalue weighted by atomic mass is 15.3. The summed E-state index contributed by atoms with van der Waals surface area (Å²) < 4.78 is 0. The third-order valence-electron chi connectivity index (χ3n) is 18.9. The molecular formula is C69H156N24. The molecule has 0 spiro atoms. The summed E-state index contributed by atoms with van der Waals surface area (Å²) in [7, 11) is 0. The van der Waals surface area contributed by atoms with Gasteiger partial charge in [0.2, 0.25) is 0 Å². The Bertz CT molecular complexity index is 1400.